The molecule has 1 saturated carbocycles. The topological polar surface area (TPSA) is 62.0 Å². The number of aromatic nitrogens is 1. The number of rotatable bonds is 4. The van der Waals surface area contributed by atoms with E-state index in [0.717, 1.165) is 54.3 Å². The number of fused-ring (bicyclic) bond motifs is 1. The summed E-state index contributed by atoms with van der Waals surface area (Å²) in [4.78, 5) is 3.38. The molecule has 0 radical (unpaired) electrons. The van der Waals surface area contributed by atoms with Crippen molar-refractivity contribution < 1.29 is 8.42 Å². The molecule has 2 N–H and O–H groups in total. The SMILES string of the molecule is O=S(=O)(NC1CCCCC1)c1cc(-c2cc3cccc(Cl)c3[nH]2)ccc1Cl. The minimum atomic E-state index is -3.68. The summed E-state index contributed by atoms with van der Waals surface area (Å²) in [7, 11) is -3.68. The molecule has 1 aliphatic rings. The first kappa shape index (κ1) is 18.8. The summed E-state index contributed by atoms with van der Waals surface area (Å²) < 4.78 is 28.6. The van der Waals surface area contributed by atoms with Gasteiger partial charge in [0.1, 0.15) is 4.90 Å². The monoisotopic (exact) mass is 422 g/mol. The zero-order valence-electron chi connectivity index (χ0n) is 14.6. The number of halogens is 2. The normalized spacial score (nSPS) is 16.1. The number of benzene rings is 2. The van der Waals surface area contributed by atoms with Gasteiger partial charge in [-0.3, -0.25) is 0 Å². The summed E-state index contributed by atoms with van der Waals surface area (Å²) in [5.74, 6) is 0. The molecule has 0 unspecified atom stereocenters. The van der Waals surface area contributed by atoms with Gasteiger partial charge in [-0.2, -0.15) is 0 Å². The average Bonchev–Trinajstić information content (AvgIpc) is 3.08. The maximum atomic E-state index is 12.9. The predicted octanol–water partition coefficient (Wildman–Crippen LogP) is 5.75. The van der Waals surface area contributed by atoms with Crippen molar-refractivity contribution in [3.63, 3.8) is 0 Å². The van der Waals surface area contributed by atoms with Crippen LogP contribution in [-0.2, 0) is 10.0 Å². The summed E-state index contributed by atoms with van der Waals surface area (Å²) in [6, 6.07) is 12.6. The molecule has 1 aromatic heterocycles. The van der Waals surface area contributed by atoms with Crippen LogP contribution < -0.4 is 4.72 Å². The average molecular weight is 423 g/mol. The molecule has 7 heteroatoms. The van der Waals surface area contributed by atoms with Crippen molar-refractivity contribution in [2.45, 2.75) is 43.0 Å². The van der Waals surface area contributed by atoms with Crippen molar-refractivity contribution in [3.8, 4) is 11.3 Å². The van der Waals surface area contributed by atoms with E-state index in [0.29, 0.717) is 5.02 Å². The third kappa shape index (κ3) is 3.87. The van der Waals surface area contributed by atoms with Gasteiger partial charge in [-0.15, -0.1) is 0 Å². The number of sulfonamides is 1. The highest BCUT2D eigenvalue weighted by Crippen LogP contribution is 2.32. The van der Waals surface area contributed by atoms with Gasteiger partial charge in [0.05, 0.1) is 15.6 Å². The van der Waals surface area contributed by atoms with Crippen LogP contribution in [0.25, 0.3) is 22.2 Å². The summed E-state index contributed by atoms with van der Waals surface area (Å²) in [5.41, 5.74) is 2.37. The van der Waals surface area contributed by atoms with Crippen LogP contribution in [0.15, 0.2) is 47.4 Å². The van der Waals surface area contributed by atoms with Crippen molar-refractivity contribution in [1.82, 2.24) is 9.71 Å². The van der Waals surface area contributed by atoms with Crippen LogP contribution in [0.4, 0.5) is 0 Å². The maximum Gasteiger partial charge on any atom is 0.242 e. The first-order valence-corrected chi connectivity index (χ1v) is 11.3. The first-order chi connectivity index (χ1) is 12.9. The van der Waals surface area contributed by atoms with Crippen LogP contribution in [0.1, 0.15) is 32.1 Å². The van der Waals surface area contributed by atoms with Gasteiger partial charge in [0.25, 0.3) is 0 Å². The lowest BCUT2D eigenvalue weighted by molar-refractivity contribution is 0.412. The maximum absolute atomic E-state index is 12.9. The van der Waals surface area contributed by atoms with Gasteiger partial charge in [0, 0.05) is 17.1 Å². The van der Waals surface area contributed by atoms with Gasteiger partial charge in [0.2, 0.25) is 10.0 Å². The minimum absolute atomic E-state index is 0.0182. The van der Waals surface area contributed by atoms with Crippen LogP contribution in [-0.4, -0.2) is 19.4 Å². The Bertz CT molecular complexity index is 1090. The Morgan fingerprint density at radius 1 is 0.963 bits per heavy atom. The zero-order chi connectivity index (χ0) is 19.0. The van der Waals surface area contributed by atoms with E-state index in [1.165, 1.54) is 0 Å². The highest BCUT2D eigenvalue weighted by Gasteiger charge is 2.24. The highest BCUT2D eigenvalue weighted by molar-refractivity contribution is 7.89. The Morgan fingerprint density at radius 2 is 1.74 bits per heavy atom. The molecule has 0 amide bonds. The fraction of sp³-hybridized carbons (Fsp3) is 0.300. The molecule has 4 rings (SSSR count). The molecule has 0 aliphatic heterocycles. The van der Waals surface area contributed by atoms with E-state index in [4.69, 9.17) is 23.2 Å². The third-order valence-corrected chi connectivity index (χ3v) is 7.38. The van der Waals surface area contributed by atoms with E-state index in [-0.39, 0.29) is 16.0 Å². The quantitative estimate of drug-likeness (QED) is 0.561. The Balaban J connectivity index is 1.71. The smallest absolute Gasteiger partial charge is 0.242 e. The third-order valence-electron chi connectivity index (χ3n) is 5.06. The molecular formula is C20H20Cl2N2O2S. The molecule has 142 valence electrons. The van der Waals surface area contributed by atoms with Crippen LogP contribution in [0.5, 0.6) is 0 Å². The fourth-order valence-corrected chi connectivity index (χ4v) is 5.71. The lowest BCUT2D eigenvalue weighted by Crippen LogP contribution is -2.36. The molecule has 1 fully saturated rings. The second-order valence-corrected chi connectivity index (χ2v) is 9.49. The van der Waals surface area contributed by atoms with Gasteiger partial charge >= 0.3 is 0 Å². The lowest BCUT2D eigenvalue weighted by Gasteiger charge is -2.23. The van der Waals surface area contributed by atoms with Crippen molar-refractivity contribution in [3.05, 3.63) is 52.5 Å². The van der Waals surface area contributed by atoms with Crippen LogP contribution in [0.3, 0.4) is 0 Å². The Kier molecular flexibility index (Phi) is 5.21. The van der Waals surface area contributed by atoms with Crippen molar-refractivity contribution in [2.75, 3.05) is 0 Å². The molecule has 0 atom stereocenters. The van der Waals surface area contributed by atoms with Gasteiger partial charge < -0.3 is 4.98 Å². The van der Waals surface area contributed by atoms with Gasteiger partial charge in [-0.25, -0.2) is 13.1 Å². The molecule has 3 aromatic rings. The molecule has 2 aromatic carbocycles. The summed E-state index contributed by atoms with van der Waals surface area (Å²) in [6.07, 6.45) is 5.01. The Hall–Kier alpha value is -1.53. The van der Waals surface area contributed by atoms with Crippen molar-refractivity contribution >= 4 is 44.1 Å². The van der Waals surface area contributed by atoms with Crippen molar-refractivity contribution in [1.29, 1.82) is 0 Å². The van der Waals surface area contributed by atoms with Crippen LogP contribution in [0, 0.1) is 0 Å². The number of H-pyrrole nitrogens is 1. The second-order valence-electron chi connectivity index (χ2n) is 6.99. The summed E-state index contributed by atoms with van der Waals surface area (Å²) in [5, 5.41) is 1.81. The first-order valence-electron chi connectivity index (χ1n) is 9.03. The molecule has 1 aliphatic carbocycles. The highest BCUT2D eigenvalue weighted by atomic mass is 35.5. The van der Waals surface area contributed by atoms with Gasteiger partial charge in [0.15, 0.2) is 0 Å². The lowest BCUT2D eigenvalue weighted by atomic mass is 9.96. The van der Waals surface area contributed by atoms with E-state index in [1.54, 1.807) is 18.2 Å². The van der Waals surface area contributed by atoms with Crippen LogP contribution >= 0.6 is 23.2 Å². The Labute approximate surface area is 168 Å². The number of hydrogen-bond acceptors (Lipinski definition) is 2. The molecule has 1 heterocycles. The molecule has 0 saturated heterocycles. The van der Waals surface area contributed by atoms with E-state index in [9.17, 15) is 8.42 Å². The summed E-state index contributed by atoms with van der Waals surface area (Å²) in [6.45, 7) is 0. The summed E-state index contributed by atoms with van der Waals surface area (Å²) >= 11 is 12.5. The predicted molar refractivity (Wildman–Crippen MR) is 111 cm³/mol. The van der Waals surface area contributed by atoms with Gasteiger partial charge in [-0.1, -0.05) is 60.7 Å². The number of hydrogen-bond donors (Lipinski definition) is 2. The second kappa shape index (κ2) is 7.47. The largest absolute Gasteiger partial charge is 0.353 e. The fourth-order valence-electron chi connectivity index (χ4n) is 3.65. The van der Waals surface area contributed by atoms with E-state index in [1.807, 2.05) is 24.3 Å². The molecule has 0 bridgehead atoms. The number of para-hydroxylation sites is 1. The van der Waals surface area contributed by atoms with E-state index in [2.05, 4.69) is 9.71 Å². The van der Waals surface area contributed by atoms with Gasteiger partial charge in [-0.05, 0) is 42.7 Å². The minimum Gasteiger partial charge on any atom is -0.353 e. The molecule has 4 nitrogen and oxygen atoms in total. The molecule has 0 spiro atoms. The number of nitrogens with one attached hydrogen (secondary N) is 2. The zero-order valence-corrected chi connectivity index (χ0v) is 17.0. The number of aromatic amines is 1. The van der Waals surface area contributed by atoms with Crippen LogP contribution in [0.2, 0.25) is 10.0 Å². The van der Waals surface area contributed by atoms with E-state index < -0.39 is 10.0 Å². The molecule has 27 heavy (non-hydrogen) atoms. The Morgan fingerprint density at radius 3 is 2.48 bits per heavy atom. The standard InChI is InChI=1S/C20H20Cl2N2O2S/c21-16-10-9-13(18-11-14-5-4-8-17(22)20(14)23-18)12-19(16)27(25,26)24-15-6-2-1-3-7-15/h4-5,8-12,15,23-24H,1-3,6-7H2. The molecular weight excluding hydrogens is 403 g/mol. The van der Waals surface area contributed by atoms with E-state index >= 15 is 0 Å². The van der Waals surface area contributed by atoms with Crippen molar-refractivity contribution in [2.24, 2.45) is 0 Å².